The third-order valence-corrected chi connectivity index (χ3v) is 1.78. The molecule has 0 fully saturated rings. The monoisotopic (exact) mass is 247 g/mol. The molecule has 17 heavy (non-hydrogen) atoms. The largest absolute Gasteiger partial charge is 0.451 e. The second kappa shape index (κ2) is 5.11. The highest BCUT2D eigenvalue weighted by Gasteiger charge is 2.34. The van der Waals surface area contributed by atoms with Crippen molar-refractivity contribution >= 4 is 11.6 Å². The van der Waals surface area contributed by atoms with E-state index in [1.807, 2.05) is 13.8 Å². The number of aromatic nitrogens is 2. The Bertz CT molecular complexity index is 387. The van der Waals surface area contributed by atoms with Crippen molar-refractivity contribution in [2.75, 3.05) is 5.32 Å². The summed E-state index contributed by atoms with van der Waals surface area (Å²) in [6.07, 6.45) is -2.40. The molecule has 0 saturated heterocycles. The molecule has 0 aliphatic rings. The van der Waals surface area contributed by atoms with Crippen molar-refractivity contribution in [1.29, 1.82) is 0 Å². The van der Waals surface area contributed by atoms with Gasteiger partial charge in [-0.15, -0.1) is 0 Å². The van der Waals surface area contributed by atoms with E-state index in [2.05, 4.69) is 15.3 Å². The number of nitrogens with one attached hydrogen (secondary N) is 1. The van der Waals surface area contributed by atoms with Gasteiger partial charge in [-0.1, -0.05) is 13.8 Å². The average Bonchev–Trinajstić information content (AvgIpc) is 2.15. The van der Waals surface area contributed by atoms with Crippen molar-refractivity contribution in [2.24, 2.45) is 5.92 Å². The molecule has 0 aliphatic carbocycles. The first kappa shape index (κ1) is 13.4. The minimum atomic E-state index is -4.57. The molecule has 0 unspecified atom stereocenters. The van der Waals surface area contributed by atoms with Crippen molar-refractivity contribution in [1.82, 2.24) is 9.97 Å². The van der Waals surface area contributed by atoms with Gasteiger partial charge in [0.2, 0.25) is 11.7 Å². The van der Waals surface area contributed by atoms with E-state index in [1.54, 1.807) is 0 Å². The maximum atomic E-state index is 12.1. The molecule has 0 saturated carbocycles. The van der Waals surface area contributed by atoms with E-state index in [4.69, 9.17) is 0 Å². The maximum Gasteiger partial charge on any atom is 0.451 e. The molecule has 1 aromatic heterocycles. The summed E-state index contributed by atoms with van der Waals surface area (Å²) in [5, 5.41) is 2.42. The zero-order valence-electron chi connectivity index (χ0n) is 9.38. The molecule has 1 rings (SSSR count). The summed E-state index contributed by atoms with van der Waals surface area (Å²) < 4.78 is 36.4. The Morgan fingerprint density at radius 2 is 1.88 bits per heavy atom. The molecule has 0 spiro atoms. The lowest BCUT2D eigenvalue weighted by atomic mass is 10.1. The standard InChI is InChI=1S/C10H12F3N3O/c1-6(2)3-8(17)16-7-4-14-9(15-5-7)10(11,12)13/h4-6H,3H2,1-2H3,(H,16,17). The Kier molecular flexibility index (Phi) is 4.03. The van der Waals surface area contributed by atoms with Crippen molar-refractivity contribution in [3.05, 3.63) is 18.2 Å². The highest BCUT2D eigenvalue weighted by Crippen LogP contribution is 2.25. The van der Waals surface area contributed by atoms with Crippen molar-refractivity contribution in [3.8, 4) is 0 Å². The highest BCUT2D eigenvalue weighted by molar-refractivity contribution is 5.90. The predicted octanol–water partition coefficient (Wildman–Crippen LogP) is 2.48. The fourth-order valence-corrected chi connectivity index (χ4v) is 1.12. The van der Waals surface area contributed by atoms with Gasteiger partial charge in [-0.3, -0.25) is 4.79 Å². The zero-order valence-corrected chi connectivity index (χ0v) is 9.38. The van der Waals surface area contributed by atoms with Gasteiger partial charge in [0.05, 0.1) is 18.1 Å². The summed E-state index contributed by atoms with van der Waals surface area (Å²) in [6.45, 7) is 3.73. The summed E-state index contributed by atoms with van der Waals surface area (Å²) in [5.74, 6) is -1.33. The van der Waals surface area contributed by atoms with Crippen molar-refractivity contribution < 1.29 is 18.0 Å². The molecule has 94 valence electrons. The molecule has 1 heterocycles. The van der Waals surface area contributed by atoms with Crippen LogP contribution in [-0.4, -0.2) is 15.9 Å². The van der Waals surface area contributed by atoms with E-state index >= 15 is 0 Å². The number of hydrogen-bond donors (Lipinski definition) is 1. The molecule has 0 bridgehead atoms. The first-order chi connectivity index (χ1) is 7.79. The maximum absolute atomic E-state index is 12.1. The SMILES string of the molecule is CC(C)CC(=O)Nc1cnc(C(F)(F)F)nc1. The number of alkyl halides is 3. The number of amides is 1. The summed E-state index contributed by atoms with van der Waals surface area (Å²) in [4.78, 5) is 17.6. The molecule has 0 aliphatic heterocycles. The van der Waals surface area contributed by atoms with E-state index in [0.29, 0.717) is 6.42 Å². The molecular formula is C10H12F3N3O. The van der Waals surface area contributed by atoms with Crippen LogP contribution in [-0.2, 0) is 11.0 Å². The normalized spacial score (nSPS) is 11.6. The molecular weight excluding hydrogens is 235 g/mol. The molecule has 4 nitrogen and oxygen atoms in total. The molecule has 0 aromatic carbocycles. The lowest BCUT2D eigenvalue weighted by molar-refractivity contribution is -0.144. The lowest BCUT2D eigenvalue weighted by Gasteiger charge is -2.08. The lowest BCUT2D eigenvalue weighted by Crippen LogP contribution is -2.16. The van der Waals surface area contributed by atoms with Crippen LogP contribution in [0, 0.1) is 5.92 Å². The van der Waals surface area contributed by atoms with Gasteiger partial charge < -0.3 is 5.32 Å². The molecule has 0 atom stereocenters. The van der Waals surface area contributed by atoms with E-state index in [0.717, 1.165) is 12.4 Å². The molecule has 0 radical (unpaired) electrons. The topological polar surface area (TPSA) is 54.9 Å². The fraction of sp³-hybridized carbons (Fsp3) is 0.500. The Balaban J connectivity index is 2.66. The summed E-state index contributed by atoms with van der Waals surface area (Å²) >= 11 is 0. The number of rotatable bonds is 3. The summed E-state index contributed by atoms with van der Waals surface area (Å²) in [7, 11) is 0. The van der Waals surface area contributed by atoms with Gasteiger partial charge in [0.1, 0.15) is 0 Å². The van der Waals surface area contributed by atoms with Crippen LogP contribution in [0.2, 0.25) is 0 Å². The summed E-state index contributed by atoms with van der Waals surface area (Å²) in [5.41, 5.74) is 0.156. The Morgan fingerprint density at radius 1 is 1.35 bits per heavy atom. The van der Waals surface area contributed by atoms with Crippen LogP contribution in [0.15, 0.2) is 12.4 Å². The quantitative estimate of drug-likeness (QED) is 0.892. The average molecular weight is 247 g/mol. The first-order valence-electron chi connectivity index (χ1n) is 4.98. The van der Waals surface area contributed by atoms with Crippen LogP contribution >= 0.6 is 0 Å². The predicted molar refractivity (Wildman–Crippen MR) is 55.1 cm³/mol. The minimum Gasteiger partial charge on any atom is -0.323 e. The second-order valence-electron chi connectivity index (χ2n) is 3.94. The van der Waals surface area contributed by atoms with E-state index in [9.17, 15) is 18.0 Å². The van der Waals surface area contributed by atoms with Gasteiger partial charge in [0.15, 0.2) is 0 Å². The fourth-order valence-electron chi connectivity index (χ4n) is 1.12. The summed E-state index contributed by atoms with van der Waals surface area (Å²) in [6, 6.07) is 0. The van der Waals surface area contributed by atoms with Gasteiger partial charge in [-0.05, 0) is 5.92 Å². The van der Waals surface area contributed by atoms with Crippen LogP contribution in [0.25, 0.3) is 0 Å². The first-order valence-corrected chi connectivity index (χ1v) is 4.98. The van der Waals surface area contributed by atoms with Crippen LogP contribution in [0.4, 0.5) is 18.9 Å². The van der Waals surface area contributed by atoms with Crippen LogP contribution in [0.1, 0.15) is 26.1 Å². The third-order valence-electron chi connectivity index (χ3n) is 1.78. The van der Waals surface area contributed by atoms with Gasteiger partial charge in [0.25, 0.3) is 0 Å². The number of anilines is 1. The van der Waals surface area contributed by atoms with Gasteiger partial charge >= 0.3 is 6.18 Å². The number of carbonyl (C=O) groups excluding carboxylic acids is 1. The van der Waals surface area contributed by atoms with E-state index in [1.165, 1.54) is 0 Å². The van der Waals surface area contributed by atoms with E-state index < -0.39 is 12.0 Å². The minimum absolute atomic E-state index is 0.156. The van der Waals surface area contributed by atoms with Crippen LogP contribution in [0.3, 0.4) is 0 Å². The molecule has 1 amide bonds. The smallest absolute Gasteiger partial charge is 0.323 e. The number of carbonyl (C=O) groups is 1. The number of halogens is 3. The van der Waals surface area contributed by atoms with Crippen molar-refractivity contribution in [2.45, 2.75) is 26.4 Å². The molecule has 7 heteroatoms. The van der Waals surface area contributed by atoms with Gasteiger partial charge in [-0.2, -0.15) is 13.2 Å². The Labute approximate surface area is 96.3 Å². The molecule has 1 N–H and O–H groups in total. The van der Waals surface area contributed by atoms with Gasteiger partial charge in [-0.25, -0.2) is 9.97 Å². The van der Waals surface area contributed by atoms with Crippen molar-refractivity contribution in [3.63, 3.8) is 0 Å². The van der Waals surface area contributed by atoms with Gasteiger partial charge in [0, 0.05) is 6.42 Å². The number of nitrogens with zero attached hydrogens (tertiary/aromatic N) is 2. The zero-order chi connectivity index (χ0) is 13.1. The third kappa shape index (κ3) is 4.38. The van der Waals surface area contributed by atoms with E-state index in [-0.39, 0.29) is 17.5 Å². The Morgan fingerprint density at radius 3 is 2.29 bits per heavy atom. The molecule has 1 aromatic rings. The Hall–Kier alpha value is -1.66. The van der Waals surface area contributed by atoms with Crippen LogP contribution in [0.5, 0.6) is 0 Å². The number of hydrogen-bond acceptors (Lipinski definition) is 3. The second-order valence-corrected chi connectivity index (χ2v) is 3.94. The van der Waals surface area contributed by atoms with Crippen LogP contribution < -0.4 is 5.32 Å². The highest BCUT2D eigenvalue weighted by atomic mass is 19.4.